The van der Waals surface area contributed by atoms with Crippen molar-refractivity contribution >= 4 is 22.8 Å². The zero-order valence-electron chi connectivity index (χ0n) is 11.5. The molecule has 4 rings (SSSR count). The third kappa shape index (κ3) is 2.12. The number of rotatable bonds is 2. The van der Waals surface area contributed by atoms with E-state index in [0.717, 1.165) is 23.6 Å². The van der Waals surface area contributed by atoms with Crippen LogP contribution < -0.4 is 11.1 Å². The van der Waals surface area contributed by atoms with Crippen molar-refractivity contribution < 1.29 is 4.42 Å². The van der Waals surface area contributed by atoms with Crippen LogP contribution in [0.25, 0.3) is 11.1 Å². The Morgan fingerprint density at radius 1 is 1.30 bits per heavy atom. The van der Waals surface area contributed by atoms with E-state index in [1.54, 1.807) is 0 Å². The standard InChI is InChI=1S/C15H20N4O/c16-10-3-4-13-14(8-10)20-15(18-13)17-11-5-7-19-6-1-2-12(19)9-11/h3-4,8,11-12H,1-2,5-7,9,16H2,(H,17,18). The highest BCUT2D eigenvalue weighted by atomic mass is 16.4. The molecule has 5 nitrogen and oxygen atoms in total. The summed E-state index contributed by atoms with van der Waals surface area (Å²) in [7, 11) is 0. The third-order valence-corrected chi connectivity index (χ3v) is 4.56. The molecule has 3 N–H and O–H groups in total. The Bertz CT molecular complexity index is 623. The quantitative estimate of drug-likeness (QED) is 0.822. The molecule has 0 amide bonds. The molecule has 2 atom stereocenters. The molecule has 0 aliphatic carbocycles. The highest BCUT2D eigenvalue weighted by molar-refractivity contribution is 5.78. The third-order valence-electron chi connectivity index (χ3n) is 4.56. The van der Waals surface area contributed by atoms with Crippen LogP contribution in [0.1, 0.15) is 25.7 Å². The summed E-state index contributed by atoms with van der Waals surface area (Å²) < 4.78 is 5.75. The Hall–Kier alpha value is -1.75. The Morgan fingerprint density at radius 2 is 2.25 bits per heavy atom. The Morgan fingerprint density at radius 3 is 3.20 bits per heavy atom. The summed E-state index contributed by atoms with van der Waals surface area (Å²) >= 11 is 0. The lowest BCUT2D eigenvalue weighted by atomic mass is 9.98. The smallest absolute Gasteiger partial charge is 0.295 e. The molecule has 0 spiro atoms. The number of oxazole rings is 1. The molecule has 20 heavy (non-hydrogen) atoms. The van der Waals surface area contributed by atoms with E-state index in [-0.39, 0.29) is 0 Å². The molecule has 0 saturated carbocycles. The Balaban J connectivity index is 1.49. The zero-order chi connectivity index (χ0) is 13.5. The number of nitrogens with zero attached hydrogens (tertiary/aromatic N) is 2. The average molecular weight is 272 g/mol. The maximum absolute atomic E-state index is 5.76. The Labute approximate surface area is 118 Å². The van der Waals surface area contributed by atoms with Crippen LogP contribution in [0.3, 0.4) is 0 Å². The van der Waals surface area contributed by atoms with Crippen molar-refractivity contribution in [3.8, 4) is 0 Å². The zero-order valence-corrected chi connectivity index (χ0v) is 11.5. The van der Waals surface area contributed by atoms with Crippen molar-refractivity contribution in [2.45, 2.75) is 37.8 Å². The maximum Gasteiger partial charge on any atom is 0.295 e. The van der Waals surface area contributed by atoms with E-state index in [1.807, 2.05) is 18.2 Å². The molecule has 3 heterocycles. The van der Waals surface area contributed by atoms with E-state index in [1.165, 1.54) is 32.4 Å². The van der Waals surface area contributed by atoms with E-state index < -0.39 is 0 Å². The summed E-state index contributed by atoms with van der Waals surface area (Å²) in [5, 5.41) is 3.46. The molecule has 2 aliphatic heterocycles. The highest BCUT2D eigenvalue weighted by Crippen LogP contribution is 2.29. The van der Waals surface area contributed by atoms with Crippen LogP contribution >= 0.6 is 0 Å². The minimum atomic E-state index is 0.472. The number of aromatic nitrogens is 1. The van der Waals surface area contributed by atoms with Gasteiger partial charge >= 0.3 is 0 Å². The van der Waals surface area contributed by atoms with Crippen LogP contribution in [0.5, 0.6) is 0 Å². The first-order valence-electron chi connectivity index (χ1n) is 7.44. The monoisotopic (exact) mass is 272 g/mol. The molecule has 2 aromatic rings. The van der Waals surface area contributed by atoms with E-state index in [0.29, 0.717) is 17.7 Å². The number of piperidine rings is 1. The predicted octanol–water partition coefficient (Wildman–Crippen LogP) is 2.45. The minimum absolute atomic E-state index is 0.472. The van der Waals surface area contributed by atoms with E-state index in [4.69, 9.17) is 10.2 Å². The molecule has 0 bridgehead atoms. The summed E-state index contributed by atoms with van der Waals surface area (Å²) in [6.07, 6.45) is 5.04. The number of hydrogen-bond acceptors (Lipinski definition) is 5. The van der Waals surface area contributed by atoms with E-state index >= 15 is 0 Å². The van der Waals surface area contributed by atoms with Gasteiger partial charge in [0.2, 0.25) is 0 Å². The molecule has 2 fully saturated rings. The maximum atomic E-state index is 5.76. The molecule has 2 saturated heterocycles. The van der Waals surface area contributed by atoms with Crippen molar-refractivity contribution in [1.29, 1.82) is 0 Å². The number of benzene rings is 1. The van der Waals surface area contributed by atoms with Gasteiger partial charge in [-0.1, -0.05) is 0 Å². The second-order valence-electron chi connectivity index (χ2n) is 5.94. The van der Waals surface area contributed by atoms with Gasteiger partial charge in [-0.25, -0.2) is 0 Å². The SMILES string of the molecule is Nc1ccc2nc(NC3CCN4CCCC4C3)oc2c1. The number of anilines is 2. The first-order chi connectivity index (χ1) is 9.78. The van der Waals surface area contributed by atoms with Gasteiger partial charge < -0.3 is 20.4 Å². The second kappa shape index (κ2) is 4.66. The molecular weight excluding hydrogens is 252 g/mol. The van der Waals surface area contributed by atoms with Crippen LogP contribution in [0, 0.1) is 0 Å². The van der Waals surface area contributed by atoms with E-state index in [2.05, 4.69) is 15.2 Å². The van der Waals surface area contributed by atoms with Gasteiger partial charge in [-0.15, -0.1) is 0 Å². The van der Waals surface area contributed by atoms with Crippen LogP contribution in [-0.4, -0.2) is 35.1 Å². The van der Waals surface area contributed by atoms with Crippen LogP contribution in [-0.2, 0) is 0 Å². The molecule has 2 aliphatic rings. The van der Waals surface area contributed by atoms with E-state index in [9.17, 15) is 0 Å². The summed E-state index contributed by atoms with van der Waals surface area (Å²) in [5.74, 6) is 0. The molecule has 1 aromatic carbocycles. The summed E-state index contributed by atoms with van der Waals surface area (Å²) in [6, 6.07) is 7.43. The van der Waals surface area contributed by atoms with Gasteiger partial charge in [0.05, 0.1) is 0 Å². The van der Waals surface area contributed by atoms with Crippen LogP contribution in [0.2, 0.25) is 0 Å². The van der Waals surface area contributed by atoms with Gasteiger partial charge in [0.1, 0.15) is 5.52 Å². The Kier molecular flexibility index (Phi) is 2.80. The molecule has 0 radical (unpaired) electrons. The molecule has 1 aromatic heterocycles. The molecule has 5 heteroatoms. The van der Waals surface area contributed by atoms with Gasteiger partial charge in [-0.05, 0) is 44.4 Å². The van der Waals surface area contributed by atoms with Crippen LogP contribution in [0.15, 0.2) is 22.6 Å². The van der Waals surface area contributed by atoms with Crippen LogP contribution in [0.4, 0.5) is 11.7 Å². The number of nitrogens with two attached hydrogens (primary N) is 1. The number of nitrogen functional groups attached to an aromatic ring is 1. The average Bonchev–Trinajstić information content (AvgIpc) is 3.03. The molecule has 2 unspecified atom stereocenters. The number of hydrogen-bond donors (Lipinski definition) is 2. The van der Waals surface area contributed by atoms with Gasteiger partial charge in [0.15, 0.2) is 5.58 Å². The summed E-state index contributed by atoms with van der Waals surface area (Å²) in [4.78, 5) is 7.10. The van der Waals surface area contributed by atoms with Crippen molar-refractivity contribution in [1.82, 2.24) is 9.88 Å². The van der Waals surface area contributed by atoms with Crippen molar-refractivity contribution in [2.75, 3.05) is 24.1 Å². The lowest BCUT2D eigenvalue weighted by molar-refractivity contribution is 0.187. The highest BCUT2D eigenvalue weighted by Gasteiger charge is 2.32. The first-order valence-corrected chi connectivity index (χ1v) is 7.44. The molecule has 106 valence electrons. The summed E-state index contributed by atoms with van der Waals surface area (Å²) in [6.45, 7) is 2.47. The topological polar surface area (TPSA) is 67.3 Å². The van der Waals surface area contributed by atoms with Crippen molar-refractivity contribution in [3.05, 3.63) is 18.2 Å². The fourth-order valence-electron chi connectivity index (χ4n) is 3.53. The lowest BCUT2D eigenvalue weighted by Gasteiger charge is -2.34. The number of fused-ring (bicyclic) bond motifs is 2. The number of nitrogens with one attached hydrogen (secondary N) is 1. The molecular formula is C15H20N4O. The first kappa shape index (κ1) is 12.0. The minimum Gasteiger partial charge on any atom is -0.423 e. The fourth-order valence-corrected chi connectivity index (χ4v) is 3.53. The second-order valence-corrected chi connectivity index (χ2v) is 5.94. The van der Waals surface area contributed by atoms with Gasteiger partial charge in [0, 0.05) is 30.4 Å². The van der Waals surface area contributed by atoms with Gasteiger partial charge in [-0.3, -0.25) is 0 Å². The van der Waals surface area contributed by atoms with Gasteiger partial charge in [-0.2, -0.15) is 4.98 Å². The fraction of sp³-hybridized carbons (Fsp3) is 0.533. The van der Waals surface area contributed by atoms with Gasteiger partial charge in [0.25, 0.3) is 6.01 Å². The normalized spacial score (nSPS) is 26.8. The lowest BCUT2D eigenvalue weighted by Crippen LogP contribution is -2.42. The van der Waals surface area contributed by atoms with Crippen molar-refractivity contribution in [2.24, 2.45) is 0 Å². The summed E-state index contributed by atoms with van der Waals surface area (Å²) in [5.41, 5.74) is 8.09. The predicted molar refractivity (Wildman–Crippen MR) is 79.7 cm³/mol. The largest absolute Gasteiger partial charge is 0.423 e. The van der Waals surface area contributed by atoms with Crippen molar-refractivity contribution in [3.63, 3.8) is 0 Å².